The summed E-state index contributed by atoms with van der Waals surface area (Å²) < 4.78 is 5.79. The Kier molecular flexibility index (Phi) is 5.28. The molecule has 4 rings (SSSR count). The highest BCUT2D eigenvalue weighted by Crippen LogP contribution is 2.44. The highest BCUT2D eigenvalue weighted by Gasteiger charge is 2.49. The van der Waals surface area contributed by atoms with Crippen LogP contribution in [0, 0.1) is 5.92 Å². The van der Waals surface area contributed by atoms with Crippen LogP contribution in [-0.4, -0.2) is 65.1 Å². The normalized spacial score (nSPS) is 25.7. The van der Waals surface area contributed by atoms with Crippen LogP contribution in [0.2, 0.25) is 0 Å². The quantitative estimate of drug-likeness (QED) is 0.785. The molecule has 1 saturated carbocycles. The summed E-state index contributed by atoms with van der Waals surface area (Å²) >= 11 is 0. The number of hydrogen-bond donors (Lipinski definition) is 0. The minimum Gasteiger partial charge on any atom is -0.380 e. The first kappa shape index (κ1) is 17.9. The SMILES string of the molecule is CCOC[C@H]1CCC2(CCN(C(=O)c3ccncc3)CC2)N1CC1CC1. The molecular weight excluding hydrogens is 326 g/mol. The third-order valence-electron chi connectivity index (χ3n) is 6.57. The second-order valence-corrected chi connectivity index (χ2v) is 8.20. The first-order valence-electron chi connectivity index (χ1n) is 10.3. The number of pyridine rings is 1. The van der Waals surface area contributed by atoms with E-state index in [0.29, 0.717) is 11.6 Å². The van der Waals surface area contributed by atoms with Crippen molar-refractivity contribution < 1.29 is 9.53 Å². The van der Waals surface area contributed by atoms with Gasteiger partial charge in [0, 0.05) is 55.8 Å². The predicted molar refractivity (Wildman–Crippen MR) is 101 cm³/mol. The van der Waals surface area contributed by atoms with Crippen molar-refractivity contribution in [1.29, 1.82) is 0 Å². The molecule has 1 aromatic rings. The fourth-order valence-electron chi connectivity index (χ4n) is 4.81. The molecule has 1 atom stereocenters. The zero-order valence-corrected chi connectivity index (χ0v) is 15.9. The average molecular weight is 357 g/mol. The number of amides is 1. The Morgan fingerprint density at radius 3 is 2.58 bits per heavy atom. The van der Waals surface area contributed by atoms with Gasteiger partial charge in [-0.2, -0.15) is 0 Å². The molecule has 3 heterocycles. The van der Waals surface area contributed by atoms with E-state index in [4.69, 9.17) is 4.74 Å². The number of hydrogen-bond acceptors (Lipinski definition) is 4. The lowest BCUT2D eigenvalue weighted by Gasteiger charge is -2.47. The molecule has 1 aromatic heterocycles. The van der Waals surface area contributed by atoms with Crippen molar-refractivity contribution in [2.24, 2.45) is 5.92 Å². The van der Waals surface area contributed by atoms with Crippen LogP contribution in [0.5, 0.6) is 0 Å². The van der Waals surface area contributed by atoms with Gasteiger partial charge in [-0.05, 0) is 63.5 Å². The lowest BCUT2D eigenvalue weighted by Crippen LogP contribution is -2.56. The summed E-state index contributed by atoms with van der Waals surface area (Å²) in [7, 11) is 0. The van der Waals surface area contributed by atoms with E-state index in [1.165, 1.54) is 32.2 Å². The molecule has 26 heavy (non-hydrogen) atoms. The van der Waals surface area contributed by atoms with Gasteiger partial charge in [0.15, 0.2) is 0 Å². The molecule has 2 aliphatic heterocycles. The van der Waals surface area contributed by atoms with E-state index in [1.807, 2.05) is 17.0 Å². The minimum absolute atomic E-state index is 0.153. The molecule has 0 N–H and O–H groups in total. The Labute approximate surface area is 156 Å². The van der Waals surface area contributed by atoms with Crippen LogP contribution in [0.15, 0.2) is 24.5 Å². The summed E-state index contributed by atoms with van der Waals surface area (Å²) in [6.07, 6.45) is 10.9. The molecule has 3 fully saturated rings. The third-order valence-corrected chi connectivity index (χ3v) is 6.57. The number of nitrogens with zero attached hydrogens (tertiary/aromatic N) is 3. The van der Waals surface area contributed by atoms with E-state index in [9.17, 15) is 4.79 Å². The lowest BCUT2D eigenvalue weighted by atomic mass is 9.84. The van der Waals surface area contributed by atoms with Gasteiger partial charge in [-0.1, -0.05) is 0 Å². The first-order valence-corrected chi connectivity index (χ1v) is 10.3. The van der Waals surface area contributed by atoms with Crippen molar-refractivity contribution in [1.82, 2.24) is 14.8 Å². The van der Waals surface area contributed by atoms with Crippen molar-refractivity contribution in [2.75, 3.05) is 32.8 Å². The summed E-state index contributed by atoms with van der Waals surface area (Å²) in [5.74, 6) is 1.05. The van der Waals surface area contributed by atoms with Crippen molar-refractivity contribution in [3.05, 3.63) is 30.1 Å². The standard InChI is InChI=1S/C21H31N3O2/c1-2-26-16-19-5-8-21(24(19)15-17-3-4-17)9-13-23(14-10-21)20(25)18-6-11-22-12-7-18/h6-7,11-12,17,19H,2-5,8-10,13-16H2,1H3/t19-/m1/s1. The Morgan fingerprint density at radius 2 is 1.92 bits per heavy atom. The minimum atomic E-state index is 0.153. The van der Waals surface area contributed by atoms with Crippen LogP contribution in [-0.2, 0) is 4.74 Å². The van der Waals surface area contributed by atoms with Crippen LogP contribution in [0.25, 0.3) is 0 Å². The molecule has 1 spiro atoms. The Hall–Kier alpha value is -1.46. The number of rotatable bonds is 6. The smallest absolute Gasteiger partial charge is 0.253 e. The maximum Gasteiger partial charge on any atom is 0.253 e. The molecule has 0 aromatic carbocycles. The van der Waals surface area contributed by atoms with E-state index >= 15 is 0 Å². The van der Waals surface area contributed by atoms with Crippen molar-refractivity contribution in [3.8, 4) is 0 Å². The van der Waals surface area contributed by atoms with Gasteiger partial charge in [0.2, 0.25) is 0 Å². The van der Waals surface area contributed by atoms with Gasteiger partial charge in [0.1, 0.15) is 0 Å². The molecular formula is C21H31N3O2. The fraction of sp³-hybridized carbons (Fsp3) is 0.714. The molecule has 5 nitrogen and oxygen atoms in total. The molecule has 1 amide bonds. The summed E-state index contributed by atoms with van der Waals surface area (Å²) in [5, 5.41) is 0. The second-order valence-electron chi connectivity index (χ2n) is 8.20. The Bertz CT molecular complexity index is 609. The van der Waals surface area contributed by atoms with E-state index in [2.05, 4.69) is 16.8 Å². The highest BCUT2D eigenvalue weighted by atomic mass is 16.5. The van der Waals surface area contributed by atoms with Gasteiger partial charge in [-0.15, -0.1) is 0 Å². The number of aromatic nitrogens is 1. The monoisotopic (exact) mass is 357 g/mol. The van der Waals surface area contributed by atoms with Crippen LogP contribution in [0.3, 0.4) is 0 Å². The van der Waals surface area contributed by atoms with E-state index < -0.39 is 0 Å². The van der Waals surface area contributed by atoms with Crippen molar-refractivity contribution in [2.45, 2.75) is 57.0 Å². The molecule has 0 bridgehead atoms. The summed E-state index contributed by atoms with van der Waals surface area (Å²) in [6.45, 7) is 6.71. The molecule has 3 aliphatic rings. The lowest BCUT2D eigenvalue weighted by molar-refractivity contribution is 0.00310. The molecule has 5 heteroatoms. The number of ether oxygens (including phenoxy) is 1. The summed E-state index contributed by atoms with van der Waals surface area (Å²) in [6, 6.07) is 4.21. The average Bonchev–Trinajstić information content (AvgIpc) is 3.46. The van der Waals surface area contributed by atoms with E-state index in [-0.39, 0.29) is 5.91 Å². The fourth-order valence-corrected chi connectivity index (χ4v) is 4.81. The first-order chi connectivity index (χ1) is 12.7. The summed E-state index contributed by atoms with van der Waals surface area (Å²) in [4.78, 5) is 21.6. The van der Waals surface area contributed by atoms with Crippen LogP contribution in [0.1, 0.15) is 55.8 Å². The number of carbonyl (C=O) groups excluding carboxylic acids is 1. The topological polar surface area (TPSA) is 45.7 Å². The van der Waals surface area contributed by atoms with Crippen LogP contribution in [0.4, 0.5) is 0 Å². The summed E-state index contributed by atoms with van der Waals surface area (Å²) in [5.41, 5.74) is 1.05. The predicted octanol–water partition coefficient (Wildman–Crippen LogP) is 2.97. The highest BCUT2D eigenvalue weighted by molar-refractivity contribution is 5.94. The maximum absolute atomic E-state index is 12.7. The largest absolute Gasteiger partial charge is 0.380 e. The zero-order valence-electron chi connectivity index (χ0n) is 15.9. The number of piperidine rings is 1. The van der Waals surface area contributed by atoms with E-state index in [1.54, 1.807) is 12.4 Å². The van der Waals surface area contributed by atoms with Crippen molar-refractivity contribution in [3.63, 3.8) is 0 Å². The molecule has 1 aliphatic carbocycles. The second kappa shape index (κ2) is 7.65. The van der Waals surface area contributed by atoms with Gasteiger partial charge >= 0.3 is 0 Å². The maximum atomic E-state index is 12.7. The van der Waals surface area contributed by atoms with E-state index in [0.717, 1.165) is 50.6 Å². The van der Waals surface area contributed by atoms with Gasteiger partial charge < -0.3 is 9.64 Å². The Balaban J connectivity index is 1.41. The zero-order chi connectivity index (χ0) is 18.0. The van der Waals surface area contributed by atoms with Gasteiger partial charge in [0.25, 0.3) is 5.91 Å². The van der Waals surface area contributed by atoms with Crippen molar-refractivity contribution >= 4 is 5.91 Å². The molecule has 142 valence electrons. The van der Waals surface area contributed by atoms with Crippen LogP contribution >= 0.6 is 0 Å². The van der Waals surface area contributed by atoms with Gasteiger partial charge in [-0.25, -0.2) is 0 Å². The third kappa shape index (κ3) is 3.65. The van der Waals surface area contributed by atoms with Gasteiger partial charge in [0.05, 0.1) is 6.61 Å². The molecule has 2 saturated heterocycles. The van der Waals surface area contributed by atoms with Gasteiger partial charge in [-0.3, -0.25) is 14.7 Å². The molecule has 0 radical (unpaired) electrons. The Morgan fingerprint density at radius 1 is 1.19 bits per heavy atom. The number of carbonyl (C=O) groups is 1. The molecule has 0 unspecified atom stereocenters. The van der Waals surface area contributed by atoms with Crippen LogP contribution < -0.4 is 0 Å². The number of likely N-dealkylation sites (tertiary alicyclic amines) is 2.